The molecule has 154 valence electrons. The van der Waals surface area contributed by atoms with Gasteiger partial charge in [0.05, 0.1) is 15.9 Å². The van der Waals surface area contributed by atoms with Gasteiger partial charge < -0.3 is 4.74 Å². The number of nitrogens with zero attached hydrogens (tertiary/aromatic N) is 5. The Labute approximate surface area is 177 Å². The van der Waals surface area contributed by atoms with E-state index in [4.69, 9.17) is 4.74 Å². The van der Waals surface area contributed by atoms with Gasteiger partial charge in [0.2, 0.25) is 5.65 Å². The lowest BCUT2D eigenvalue weighted by molar-refractivity contribution is 0.467. The van der Waals surface area contributed by atoms with Gasteiger partial charge in [-0.3, -0.25) is 4.72 Å². The summed E-state index contributed by atoms with van der Waals surface area (Å²) in [5.41, 5.74) is 3.21. The van der Waals surface area contributed by atoms with Crippen LogP contribution in [0.1, 0.15) is 5.56 Å². The SMILES string of the molecule is Cc1ccc(S(=O)(=O)Nc2ccc(Oc3nc4ccccc4n4nnnc34)cc2)cc1. The monoisotopic (exact) mass is 432 g/mol. The Morgan fingerprint density at radius 2 is 1.68 bits per heavy atom. The Morgan fingerprint density at radius 1 is 0.935 bits per heavy atom. The number of aryl methyl sites for hydroxylation is 1. The molecule has 0 spiro atoms. The fraction of sp³-hybridized carbons (Fsp3) is 0.0476. The number of ether oxygens (including phenoxy) is 1. The Balaban J connectivity index is 1.41. The van der Waals surface area contributed by atoms with Gasteiger partial charge in [0.1, 0.15) is 5.75 Å². The summed E-state index contributed by atoms with van der Waals surface area (Å²) in [4.78, 5) is 4.70. The number of para-hydroxylation sites is 2. The van der Waals surface area contributed by atoms with Crippen LogP contribution in [0.2, 0.25) is 0 Å². The van der Waals surface area contributed by atoms with Gasteiger partial charge in [-0.25, -0.2) is 13.4 Å². The summed E-state index contributed by atoms with van der Waals surface area (Å²) in [7, 11) is -3.68. The summed E-state index contributed by atoms with van der Waals surface area (Å²) in [6.45, 7) is 1.90. The third-order valence-electron chi connectivity index (χ3n) is 4.65. The Kier molecular flexibility index (Phi) is 4.48. The minimum atomic E-state index is -3.68. The van der Waals surface area contributed by atoms with E-state index >= 15 is 0 Å². The van der Waals surface area contributed by atoms with Crippen molar-refractivity contribution in [3.05, 3.63) is 78.4 Å². The van der Waals surface area contributed by atoms with Crippen LogP contribution >= 0.6 is 0 Å². The average molecular weight is 432 g/mol. The van der Waals surface area contributed by atoms with Crippen LogP contribution < -0.4 is 9.46 Å². The molecule has 0 bridgehead atoms. The van der Waals surface area contributed by atoms with E-state index in [9.17, 15) is 8.42 Å². The molecule has 3 aromatic carbocycles. The van der Waals surface area contributed by atoms with Gasteiger partial charge >= 0.3 is 0 Å². The second-order valence-corrected chi connectivity index (χ2v) is 8.55. The first kappa shape index (κ1) is 18.9. The summed E-state index contributed by atoms with van der Waals surface area (Å²) in [6, 6.07) is 20.6. The van der Waals surface area contributed by atoms with Gasteiger partial charge in [-0.05, 0) is 65.9 Å². The summed E-state index contributed by atoms with van der Waals surface area (Å²) < 4.78 is 35.1. The van der Waals surface area contributed by atoms with Gasteiger partial charge in [-0.15, -0.1) is 5.10 Å². The lowest BCUT2D eigenvalue weighted by Crippen LogP contribution is -2.12. The highest BCUT2D eigenvalue weighted by Crippen LogP contribution is 2.27. The molecule has 0 atom stereocenters. The summed E-state index contributed by atoms with van der Waals surface area (Å²) >= 11 is 0. The Bertz CT molecular complexity index is 1500. The number of tetrazole rings is 1. The number of nitrogens with one attached hydrogen (secondary N) is 1. The van der Waals surface area contributed by atoms with Gasteiger partial charge in [0.25, 0.3) is 15.9 Å². The highest BCUT2D eigenvalue weighted by molar-refractivity contribution is 7.92. The molecule has 0 aliphatic carbocycles. The molecular weight excluding hydrogens is 416 g/mol. The van der Waals surface area contributed by atoms with Crippen LogP contribution in [0.5, 0.6) is 11.6 Å². The Hall–Kier alpha value is -4.05. The van der Waals surface area contributed by atoms with E-state index < -0.39 is 10.0 Å². The zero-order valence-corrected chi connectivity index (χ0v) is 17.1. The number of sulfonamides is 1. The molecule has 9 nitrogen and oxygen atoms in total. The molecule has 5 rings (SSSR count). The quantitative estimate of drug-likeness (QED) is 0.452. The van der Waals surface area contributed by atoms with Gasteiger partial charge in [-0.1, -0.05) is 29.8 Å². The summed E-state index contributed by atoms with van der Waals surface area (Å²) in [5.74, 6) is 0.711. The van der Waals surface area contributed by atoms with Crippen LogP contribution in [0.25, 0.3) is 16.7 Å². The van der Waals surface area contributed by atoms with Gasteiger partial charge in [0.15, 0.2) is 0 Å². The molecule has 5 aromatic rings. The van der Waals surface area contributed by atoms with Crippen LogP contribution in [-0.4, -0.2) is 33.4 Å². The van der Waals surface area contributed by atoms with Crippen molar-refractivity contribution in [2.24, 2.45) is 0 Å². The van der Waals surface area contributed by atoms with Crippen LogP contribution in [0, 0.1) is 6.92 Å². The molecule has 31 heavy (non-hydrogen) atoms. The van der Waals surface area contributed by atoms with Crippen molar-refractivity contribution in [3.8, 4) is 11.6 Å². The summed E-state index contributed by atoms with van der Waals surface area (Å²) in [5, 5.41) is 11.7. The molecule has 0 saturated heterocycles. The number of rotatable bonds is 5. The molecular formula is C21H16N6O3S. The highest BCUT2D eigenvalue weighted by Gasteiger charge is 2.15. The van der Waals surface area contributed by atoms with Crippen molar-refractivity contribution in [2.45, 2.75) is 11.8 Å². The topological polar surface area (TPSA) is 111 Å². The van der Waals surface area contributed by atoms with E-state index in [0.29, 0.717) is 22.6 Å². The first-order valence-electron chi connectivity index (χ1n) is 9.34. The number of aromatic nitrogens is 5. The van der Waals surface area contributed by atoms with Crippen molar-refractivity contribution in [1.29, 1.82) is 0 Å². The van der Waals surface area contributed by atoms with Crippen molar-refractivity contribution in [2.75, 3.05) is 4.72 Å². The van der Waals surface area contributed by atoms with Crippen LogP contribution in [0.15, 0.2) is 77.7 Å². The van der Waals surface area contributed by atoms with Crippen LogP contribution in [-0.2, 0) is 10.0 Å². The molecule has 0 aliphatic rings. The van der Waals surface area contributed by atoms with E-state index in [0.717, 1.165) is 11.1 Å². The maximum atomic E-state index is 12.6. The number of anilines is 1. The molecule has 0 saturated carbocycles. The molecule has 2 aromatic heterocycles. The fourth-order valence-electron chi connectivity index (χ4n) is 3.08. The number of hydrogen-bond donors (Lipinski definition) is 1. The maximum absolute atomic E-state index is 12.6. The predicted molar refractivity (Wildman–Crippen MR) is 115 cm³/mol. The van der Waals surface area contributed by atoms with Crippen LogP contribution in [0.3, 0.4) is 0 Å². The number of benzene rings is 3. The molecule has 0 amide bonds. The zero-order valence-electron chi connectivity index (χ0n) is 16.3. The average Bonchev–Trinajstić information content (AvgIpc) is 3.26. The van der Waals surface area contributed by atoms with Gasteiger partial charge in [0, 0.05) is 5.69 Å². The van der Waals surface area contributed by atoms with E-state index in [-0.39, 0.29) is 10.8 Å². The lowest BCUT2D eigenvalue weighted by Gasteiger charge is -2.10. The van der Waals surface area contributed by atoms with Crippen molar-refractivity contribution in [3.63, 3.8) is 0 Å². The maximum Gasteiger partial charge on any atom is 0.268 e. The van der Waals surface area contributed by atoms with E-state index in [2.05, 4.69) is 25.2 Å². The smallest absolute Gasteiger partial charge is 0.268 e. The molecule has 0 radical (unpaired) electrons. The largest absolute Gasteiger partial charge is 0.436 e. The first-order valence-corrected chi connectivity index (χ1v) is 10.8. The minimum absolute atomic E-state index is 0.195. The van der Waals surface area contributed by atoms with E-state index in [1.807, 2.05) is 31.2 Å². The van der Waals surface area contributed by atoms with Crippen molar-refractivity contribution < 1.29 is 13.2 Å². The highest BCUT2D eigenvalue weighted by atomic mass is 32.2. The standard InChI is InChI=1S/C21H16N6O3S/c1-14-6-12-17(13-7-14)31(28,29)24-15-8-10-16(11-9-15)30-21-20-23-25-26-27(20)19-5-3-2-4-18(19)22-21/h2-13,24H,1H3. The fourth-order valence-corrected chi connectivity index (χ4v) is 4.14. The third kappa shape index (κ3) is 3.64. The lowest BCUT2D eigenvalue weighted by atomic mass is 10.2. The third-order valence-corrected chi connectivity index (χ3v) is 6.04. The second kappa shape index (κ2) is 7.33. The zero-order chi connectivity index (χ0) is 21.4. The second-order valence-electron chi connectivity index (χ2n) is 6.86. The summed E-state index contributed by atoms with van der Waals surface area (Å²) in [6.07, 6.45) is 0. The molecule has 1 N–H and O–H groups in total. The van der Waals surface area contributed by atoms with Crippen molar-refractivity contribution >= 4 is 32.4 Å². The number of hydrogen-bond acceptors (Lipinski definition) is 7. The molecule has 2 heterocycles. The Morgan fingerprint density at radius 3 is 2.45 bits per heavy atom. The van der Waals surface area contributed by atoms with E-state index in [1.54, 1.807) is 53.0 Å². The molecule has 0 aliphatic heterocycles. The predicted octanol–water partition coefficient (Wildman–Crippen LogP) is 3.57. The van der Waals surface area contributed by atoms with Crippen LogP contribution in [0.4, 0.5) is 5.69 Å². The van der Waals surface area contributed by atoms with Crippen molar-refractivity contribution in [1.82, 2.24) is 25.0 Å². The minimum Gasteiger partial charge on any atom is -0.436 e. The van der Waals surface area contributed by atoms with E-state index in [1.165, 1.54) is 0 Å². The molecule has 0 unspecified atom stereocenters. The first-order chi connectivity index (χ1) is 15.0. The van der Waals surface area contributed by atoms with Gasteiger partial charge in [-0.2, -0.15) is 4.52 Å². The molecule has 0 fully saturated rings. The molecule has 10 heteroatoms. The normalized spacial score (nSPS) is 11.6. The number of fused-ring (bicyclic) bond motifs is 3.